The first-order valence-electron chi connectivity index (χ1n) is 4.64. The standard InChI is InChI=1S/C10H16O4/c1-4-8-7(2)9(14-10(8)11)5-13-6-12-3/h4,7,9H,5-6H2,1-3H3/b8-4+/t7-,9-/m0/s1. The summed E-state index contributed by atoms with van der Waals surface area (Å²) < 4.78 is 15.0. The summed E-state index contributed by atoms with van der Waals surface area (Å²) in [5, 5.41) is 0. The van der Waals surface area contributed by atoms with E-state index in [1.54, 1.807) is 13.2 Å². The molecule has 2 atom stereocenters. The number of rotatable bonds is 4. The van der Waals surface area contributed by atoms with Crippen LogP contribution in [0.5, 0.6) is 0 Å². The van der Waals surface area contributed by atoms with Gasteiger partial charge < -0.3 is 14.2 Å². The van der Waals surface area contributed by atoms with Gasteiger partial charge in [0.2, 0.25) is 0 Å². The number of carbonyl (C=O) groups is 1. The van der Waals surface area contributed by atoms with Crippen LogP contribution in [0.15, 0.2) is 11.6 Å². The Hall–Kier alpha value is -0.870. The van der Waals surface area contributed by atoms with Crippen molar-refractivity contribution in [3.05, 3.63) is 11.6 Å². The lowest BCUT2D eigenvalue weighted by Crippen LogP contribution is -2.21. The quantitative estimate of drug-likeness (QED) is 0.295. The summed E-state index contributed by atoms with van der Waals surface area (Å²) >= 11 is 0. The van der Waals surface area contributed by atoms with Crippen LogP contribution in [0.1, 0.15) is 13.8 Å². The third-order valence-corrected chi connectivity index (χ3v) is 2.34. The molecule has 80 valence electrons. The number of esters is 1. The highest BCUT2D eigenvalue weighted by molar-refractivity contribution is 5.91. The van der Waals surface area contributed by atoms with Crippen molar-refractivity contribution in [2.75, 3.05) is 20.5 Å². The lowest BCUT2D eigenvalue weighted by molar-refractivity contribution is -0.144. The van der Waals surface area contributed by atoms with Gasteiger partial charge >= 0.3 is 5.97 Å². The SMILES string of the molecule is C/C=C1/C(=O)O[C@@H](COCOC)[C@H]1C. The maximum Gasteiger partial charge on any atom is 0.334 e. The second-order valence-electron chi connectivity index (χ2n) is 3.25. The largest absolute Gasteiger partial charge is 0.456 e. The molecule has 4 heteroatoms. The van der Waals surface area contributed by atoms with Crippen molar-refractivity contribution in [3.8, 4) is 0 Å². The van der Waals surface area contributed by atoms with E-state index in [9.17, 15) is 4.79 Å². The van der Waals surface area contributed by atoms with Crippen LogP contribution in [0.3, 0.4) is 0 Å². The molecular weight excluding hydrogens is 184 g/mol. The maximum atomic E-state index is 11.3. The molecule has 1 fully saturated rings. The predicted octanol–water partition coefficient (Wildman–Crippen LogP) is 1.11. The minimum Gasteiger partial charge on any atom is -0.456 e. The molecule has 4 nitrogen and oxygen atoms in total. The van der Waals surface area contributed by atoms with Gasteiger partial charge in [0, 0.05) is 18.6 Å². The molecule has 0 aromatic heterocycles. The van der Waals surface area contributed by atoms with Crippen molar-refractivity contribution in [3.63, 3.8) is 0 Å². The molecule has 1 rings (SSSR count). The Morgan fingerprint density at radius 3 is 2.79 bits per heavy atom. The summed E-state index contributed by atoms with van der Waals surface area (Å²) in [5.74, 6) is -0.129. The van der Waals surface area contributed by atoms with Gasteiger partial charge in [-0.2, -0.15) is 0 Å². The van der Waals surface area contributed by atoms with Gasteiger partial charge in [-0.05, 0) is 6.92 Å². The molecule has 0 bridgehead atoms. The fourth-order valence-corrected chi connectivity index (χ4v) is 1.50. The molecule has 1 aliphatic rings. The number of ether oxygens (including phenoxy) is 3. The van der Waals surface area contributed by atoms with E-state index in [1.165, 1.54) is 0 Å². The van der Waals surface area contributed by atoms with E-state index in [4.69, 9.17) is 14.2 Å². The van der Waals surface area contributed by atoms with Gasteiger partial charge in [-0.25, -0.2) is 4.79 Å². The molecule has 14 heavy (non-hydrogen) atoms. The Morgan fingerprint density at radius 1 is 1.57 bits per heavy atom. The average molecular weight is 200 g/mol. The first-order valence-corrected chi connectivity index (χ1v) is 4.64. The van der Waals surface area contributed by atoms with Crippen LogP contribution in [-0.4, -0.2) is 32.6 Å². The second kappa shape index (κ2) is 5.12. The summed E-state index contributed by atoms with van der Waals surface area (Å²) in [6.45, 7) is 4.41. The van der Waals surface area contributed by atoms with Gasteiger partial charge in [0.1, 0.15) is 12.9 Å². The fourth-order valence-electron chi connectivity index (χ4n) is 1.50. The first-order chi connectivity index (χ1) is 6.70. The number of methoxy groups -OCH3 is 1. The van der Waals surface area contributed by atoms with E-state index in [0.717, 1.165) is 5.57 Å². The smallest absolute Gasteiger partial charge is 0.334 e. The number of hydrogen-bond acceptors (Lipinski definition) is 4. The first kappa shape index (κ1) is 11.2. The van der Waals surface area contributed by atoms with E-state index >= 15 is 0 Å². The van der Waals surface area contributed by atoms with Crippen LogP contribution in [0.25, 0.3) is 0 Å². The average Bonchev–Trinajstić information content (AvgIpc) is 2.42. The van der Waals surface area contributed by atoms with Crippen molar-refractivity contribution in [2.24, 2.45) is 5.92 Å². The second-order valence-corrected chi connectivity index (χ2v) is 3.25. The molecule has 0 aromatic carbocycles. The van der Waals surface area contributed by atoms with E-state index in [-0.39, 0.29) is 24.8 Å². The van der Waals surface area contributed by atoms with Crippen LogP contribution in [0.4, 0.5) is 0 Å². The zero-order chi connectivity index (χ0) is 10.6. The monoisotopic (exact) mass is 200 g/mol. The topological polar surface area (TPSA) is 44.8 Å². The van der Waals surface area contributed by atoms with Crippen molar-refractivity contribution in [2.45, 2.75) is 20.0 Å². The Kier molecular flexibility index (Phi) is 4.10. The molecular formula is C10H16O4. The van der Waals surface area contributed by atoms with Crippen molar-refractivity contribution < 1.29 is 19.0 Å². The van der Waals surface area contributed by atoms with Crippen LogP contribution in [0, 0.1) is 5.92 Å². The third kappa shape index (κ3) is 2.33. The van der Waals surface area contributed by atoms with Gasteiger partial charge in [0.25, 0.3) is 0 Å². The summed E-state index contributed by atoms with van der Waals surface area (Å²) in [6.07, 6.45) is 1.62. The molecule has 0 amide bonds. The fraction of sp³-hybridized carbons (Fsp3) is 0.700. The lowest BCUT2D eigenvalue weighted by atomic mass is 9.99. The highest BCUT2D eigenvalue weighted by Crippen LogP contribution is 2.27. The van der Waals surface area contributed by atoms with Crippen LogP contribution >= 0.6 is 0 Å². The zero-order valence-corrected chi connectivity index (χ0v) is 8.78. The summed E-state index contributed by atoms with van der Waals surface area (Å²) in [5.41, 5.74) is 0.732. The van der Waals surface area contributed by atoms with Crippen molar-refractivity contribution in [1.29, 1.82) is 0 Å². The highest BCUT2D eigenvalue weighted by Gasteiger charge is 2.35. The molecule has 0 unspecified atom stereocenters. The van der Waals surface area contributed by atoms with E-state index in [0.29, 0.717) is 6.61 Å². The molecule has 0 aliphatic carbocycles. The molecule has 1 aliphatic heterocycles. The number of allylic oxidation sites excluding steroid dienone is 1. The van der Waals surface area contributed by atoms with E-state index in [2.05, 4.69) is 0 Å². The normalized spacial score (nSPS) is 29.6. The minimum atomic E-state index is -0.231. The number of carbonyl (C=O) groups excluding carboxylic acids is 1. The van der Waals surface area contributed by atoms with Crippen molar-refractivity contribution >= 4 is 5.97 Å². The third-order valence-electron chi connectivity index (χ3n) is 2.34. The molecule has 1 heterocycles. The maximum absolute atomic E-state index is 11.3. The molecule has 0 radical (unpaired) electrons. The summed E-state index contributed by atoms with van der Waals surface area (Å²) in [6, 6.07) is 0. The molecule has 0 spiro atoms. The summed E-state index contributed by atoms with van der Waals surface area (Å²) in [7, 11) is 1.56. The highest BCUT2D eigenvalue weighted by atomic mass is 16.7. The Balaban J connectivity index is 2.45. The summed E-state index contributed by atoms with van der Waals surface area (Å²) in [4.78, 5) is 11.3. The van der Waals surface area contributed by atoms with Gasteiger partial charge in [-0.1, -0.05) is 13.0 Å². The van der Waals surface area contributed by atoms with E-state index < -0.39 is 0 Å². The lowest BCUT2D eigenvalue weighted by Gasteiger charge is -2.13. The Morgan fingerprint density at radius 2 is 2.29 bits per heavy atom. The van der Waals surface area contributed by atoms with Gasteiger partial charge in [0.05, 0.1) is 6.61 Å². The number of cyclic esters (lactones) is 1. The predicted molar refractivity (Wildman–Crippen MR) is 50.6 cm³/mol. The Labute approximate surface area is 83.8 Å². The van der Waals surface area contributed by atoms with Gasteiger partial charge in [-0.15, -0.1) is 0 Å². The molecule has 0 saturated carbocycles. The Bertz CT molecular complexity index is 234. The van der Waals surface area contributed by atoms with Crippen LogP contribution < -0.4 is 0 Å². The van der Waals surface area contributed by atoms with Gasteiger partial charge in [-0.3, -0.25) is 0 Å². The molecule has 0 N–H and O–H groups in total. The van der Waals surface area contributed by atoms with Crippen molar-refractivity contribution in [1.82, 2.24) is 0 Å². The van der Waals surface area contributed by atoms with Crippen LogP contribution in [-0.2, 0) is 19.0 Å². The molecule has 0 aromatic rings. The molecule has 1 saturated heterocycles. The van der Waals surface area contributed by atoms with Gasteiger partial charge in [0.15, 0.2) is 0 Å². The zero-order valence-electron chi connectivity index (χ0n) is 8.78. The van der Waals surface area contributed by atoms with Crippen LogP contribution in [0.2, 0.25) is 0 Å². The minimum absolute atomic E-state index is 0.101. The van der Waals surface area contributed by atoms with E-state index in [1.807, 2.05) is 13.8 Å². The number of hydrogen-bond donors (Lipinski definition) is 0.